The normalized spacial score (nSPS) is 22.2. The predicted molar refractivity (Wildman–Crippen MR) is 64.7 cm³/mol. The zero-order valence-corrected chi connectivity index (χ0v) is 10.6. The van der Waals surface area contributed by atoms with Crippen LogP contribution < -0.4 is 5.32 Å². The summed E-state index contributed by atoms with van der Waals surface area (Å²) in [7, 11) is 0. The maximum absolute atomic E-state index is 11.9. The van der Waals surface area contributed by atoms with Gasteiger partial charge in [-0.05, 0) is 32.6 Å². The lowest BCUT2D eigenvalue weighted by Gasteiger charge is -2.33. The van der Waals surface area contributed by atoms with E-state index in [-0.39, 0.29) is 18.5 Å². The number of carboxylic acid groups (broad SMARTS) is 1. The first-order valence-corrected chi connectivity index (χ1v) is 6.32. The number of carbonyl (C=O) groups excluding carboxylic acids is 1. The lowest BCUT2D eigenvalue weighted by atomic mass is 10.0. The minimum Gasteiger partial charge on any atom is -0.480 e. The van der Waals surface area contributed by atoms with E-state index in [9.17, 15) is 9.59 Å². The average Bonchev–Trinajstić information content (AvgIpc) is 2.35. The molecule has 0 aromatic carbocycles. The van der Waals surface area contributed by atoms with Crippen LogP contribution >= 0.6 is 0 Å². The third kappa shape index (κ3) is 4.00. The van der Waals surface area contributed by atoms with Crippen molar-refractivity contribution in [2.75, 3.05) is 13.1 Å². The summed E-state index contributed by atoms with van der Waals surface area (Å²) < 4.78 is 0. The summed E-state index contributed by atoms with van der Waals surface area (Å²) in [4.78, 5) is 24.5. The molecule has 17 heavy (non-hydrogen) atoms. The van der Waals surface area contributed by atoms with Gasteiger partial charge in [-0.15, -0.1) is 0 Å². The Morgan fingerprint density at radius 1 is 1.47 bits per heavy atom. The van der Waals surface area contributed by atoms with Crippen molar-refractivity contribution < 1.29 is 14.7 Å². The number of nitrogens with zero attached hydrogens (tertiary/aromatic N) is 1. The van der Waals surface area contributed by atoms with Crippen molar-refractivity contribution in [3.05, 3.63) is 0 Å². The van der Waals surface area contributed by atoms with Crippen molar-refractivity contribution >= 4 is 11.9 Å². The van der Waals surface area contributed by atoms with Crippen LogP contribution in [0, 0.1) is 0 Å². The van der Waals surface area contributed by atoms with E-state index in [1.54, 1.807) is 0 Å². The number of nitrogens with one attached hydrogen (secondary N) is 1. The molecule has 1 aliphatic rings. The zero-order chi connectivity index (χ0) is 12.8. The van der Waals surface area contributed by atoms with Crippen molar-refractivity contribution in [3.63, 3.8) is 0 Å². The number of hydrogen-bond acceptors (Lipinski definition) is 3. The predicted octanol–water partition coefficient (Wildman–Crippen LogP) is 0.840. The van der Waals surface area contributed by atoms with Crippen LogP contribution in [0.5, 0.6) is 0 Å². The fourth-order valence-electron chi connectivity index (χ4n) is 1.99. The van der Waals surface area contributed by atoms with Gasteiger partial charge >= 0.3 is 5.97 Å². The highest BCUT2D eigenvalue weighted by Gasteiger charge is 2.31. The van der Waals surface area contributed by atoms with Gasteiger partial charge in [-0.1, -0.05) is 6.92 Å². The van der Waals surface area contributed by atoms with E-state index in [0.717, 1.165) is 19.3 Å². The molecule has 1 rings (SSSR count). The van der Waals surface area contributed by atoms with E-state index in [2.05, 4.69) is 5.32 Å². The van der Waals surface area contributed by atoms with E-state index in [1.165, 1.54) is 4.90 Å². The van der Waals surface area contributed by atoms with Crippen LogP contribution in [0.25, 0.3) is 0 Å². The molecule has 0 aromatic rings. The Labute approximate surface area is 102 Å². The fourth-order valence-corrected chi connectivity index (χ4v) is 1.99. The number of carbonyl (C=O) groups is 2. The van der Waals surface area contributed by atoms with Gasteiger partial charge in [0, 0.05) is 12.6 Å². The van der Waals surface area contributed by atoms with Gasteiger partial charge in [0.25, 0.3) is 0 Å². The SMILES string of the molecule is CCC(C)NCC(=O)N1CCCCC1C(=O)O. The number of hydrogen-bond donors (Lipinski definition) is 2. The van der Waals surface area contributed by atoms with Gasteiger partial charge in [0.05, 0.1) is 6.54 Å². The summed E-state index contributed by atoms with van der Waals surface area (Å²) in [6.45, 7) is 4.86. The number of likely N-dealkylation sites (tertiary alicyclic amines) is 1. The second-order valence-electron chi connectivity index (χ2n) is 4.63. The van der Waals surface area contributed by atoms with Crippen molar-refractivity contribution in [1.29, 1.82) is 0 Å². The molecule has 98 valence electrons. The van der Waals surface area contributed by atoms with E-state index >= 15 is 0 Å². The van der Waals surface area contributed by atoms with Crippen LogP contribution in [0.4, 0.5) is 0 Å². The van der Waals surface area contributed by atoms with Crippen molar-refractivity contribution in [2.24, 2.45) is 0 Å². The van der Waals surface area contributed by atoms with Crippen LogP contribution in [-0.2, 0) is 9.59 Å². The third-order valence-corrected chi connectivity index (χ3v) is 3.32. The summed E-state index contributed by atoms with van der Waals surface area (Å²) in [6, 6.07) is -0.345. The molecule has 0 spiro atoms. The first-order chi connectivity index (χ1) is 8.06. The molecule has 1 fully saturated rings. The molecule has 2 N–H and O–H groups in total. The monoisotopic (exact) mass is 242 g/mol. The van der Waals surface area contributed by atoms with Gasteiger partial charge < -0.3 is 15.3 Å². The molecular weight excluding hydrogens is 220 g/mol. The van der Waals surface area contributed by atoms with Crippen LogP contribution in [0.15, 0.2) is 0 Å². The zero-order valence-electron chi connectivity index (χ0n) is 10.6. The second kappa shape index (κ2) is 6.59. The molecule has 2 unspecified atom stereocenters. The van der Waals surface area contributed by atoms with Gasteiger partial charge in [-0.25, -0.2) is 4.79 Å². The topological polar surface area (TPSA) is 69.6 Å². The van der Waals surface area contributed by atoms with Gasteiger partial charge in [0.2, 0.25) is 5.91 Å². The minimum absolute atomic E-state index is 0.0996. The number of piperidine rings is 1. The Balaban J connectivity index is 2.50. The Bertz CT molecular complexity index is 281. The standard InChI is InChI=1S/C12H22N2O3/c1-3-9(2)13-8-11(15)14-7-5-4-6-10(14)12(16)17/h9-10,13H,3-8H2,1-2H3,(H,16,17). The maximum atomic E-state index is 11.9. The van der Waals surface area contributed by atoms with Gasteiger partial charge in [-0.3, -0.25) is 4.79 Å². The van der Waals surface area contributed by atoms with Crippen LogP contribution in [0.1, 0.15) is 39.5 Å². The first-order valence-electron chi connectivity index (χ1n) is 6.32. The lowest BCUT2D eigenvalue weighted by Crippen LogP contribution is -2.51. The Morgan fingerprint density at radius 3 is 2.76 bits per heavy atom. The molecule has 1 heterocycles. The molecular formula is C12H22N2O3. The number of amides is 1. The summed E-state index contributed by atoms with van der Waals surface area (Å²) in [5.41, 5.74) is 0. The van der Waals surface area contributed by atoms with Crippen LogP contribution in [0.2, 0.25) is 0 Å². The van der Waals surface area contributed by atoms with Gasteiger partial charge in [-0.2, -0.15) is 0 Å². The molecule has 1 amide bonds. The molecule has 0 saturated carbocycles. The molecule has 0 bridgehead atoms. The number of carboxylic acids is 1. The lowest BCUT2D eigenvalue weighted by molar-refractivity contribution is -0.151. The smallest absolute Gasteiger partial charge is 0.326 e. The molecule has 2 atom stereocenters. The highest BCUT2D eigenvalue weighted by atomic mass is 16.4. The molecule has 1 saturated heterocycles. The number of aliphatic carboxylic acids is 1. The molecule has 1 aliphatic heterocycles. The Hall–Kier alpha value is -1.10. The fraction of sp³-hybridized carbons (Fsp3) is 0.833. The van der Waals surface area contributed by atoms with Crippen molar-refractivity contribution in [1.82, 2.24) is 10.2 Å². The molecule has 0 aliphatic carbocycles. The summed E-state index contributed by atoms with van der Waals surface area (Å²) in [6.07, 6.45) is 3.32. The van der Waals surface area contributed by atoms with Gasteiger partial charge in [0.1, 0.15) is 6.04 Å². The van der Waals surface area contributed by atoms with E-state index in [1.807, 2.05) is 13.8 Å². The third-order valence-electron chi connectivity index (χ3n) is 3.32. The van der Waals surface area contributed by atoms with E-state index in [0.29, 0.717) is 13.0 Å². The Morgan fingerprint density at radius 2 is 2.18 bits per heavy atom. The Kier molecular flexibility index (Phi) is 5.41. The molecule has 5 heteroatoms. The van der Waals surface area contributed by atoms with Gasteiger partial charge in [0.15, 0.2) is 0 Å². The quantitative estimate of drug-likeness (QED) is 0.749. The van der Waals surface area contributed by atoms with Crippen LogP contribution in [0.3, 0.4) is 0 Å². The van der Waals surface area contributed by atoms with Crippen molar-refractivity contribution in [2.45, 2.75) is 51.6 Å². The highest BCUT2D eigenvalue weighted by molar-refractivity contribution is 5.85. The van der Waals surface area contributed by atoms with Crippen LogP contribution in [-0.4, -0.2) is 47.1 Å². The number of rotatable bonds is 5. The van der Waals surface area contributed by atoms with E-state index < -0.39 is 12.0 Å². The largest absolute Gasteiger partial charge is 0.480 e. The van der Waals surface area contributed by atoms with E-state index in [4.69, 9.17) is 5.11 Å². The van der Waals surface area contributed by atoms with Crippen molar-refractivity contribution in [3.8, 4) is 0 Å². The summed E-state index contributed by atoms with van der Waals surface area (Å²) in [5, 5.41) is 12.2. The molecule has 0 radical (unpaired) electrons. The highest BCUT2D eigenvalue weighted by Crippen LogP contribution is 2.17. The minimum atomic E-state index is -0.887. The summed E-state index contributed by atoms with van der Waals surface area (Å²) in [5.74, 6) is -0.987. The second-order valence-corrected chi connectivity index (χ2v) is 4.63. The maximum Gasteiger partial charge on any atom is 0.326 e. The summed E-state index contributed by atoms with van der Waals surface area (Å²) >= 11 is 0. The first kappa shape index (κ1) is 14.0. The molecule has 0 aromatic heterocycles. The average molecular weight is 242 g/mol. The molecule has 5 nitrogen and oxygen atoms in total.